The molecule has 1 aliphatic rings. The number of nitrogens with one attached hydrogen (secondary N) is 1. The zero-order valence-electron chi connectivity index (χ0n) is 19.3. The van der Waals surface area contributed by atoms with Crippen LogP contribution in [0.25, 0.3) is 16.9 Å². The number of nitriles is 1. The zero-order valence-corrected chi connectivity index (χ0v) is 19.3. The van der Waals surface area contributed by atoms with Crippen LogP contribution in [-0.2, 0) is 6.54 Å². The number of carbonyl (C=O) groups excluding carboxylic acids is 1. The van der Waals surface area contributed by atoms with Crippen LogP contribution in [0.1, 0.15) is 48.0 Å². The maximum absolute atomic E-state index is 13.2. The van der Waals surface area contributed by atoms with Crippen molar-refractivity contribution in [2.24, 2.45) is 0 Å². The number of nitrogens with zero attached hydrogens (tertiary/aromatic N) is 6. The molecule has 0 saturated heterocycles. The van der Waals surface area contributed by atoms with Gasteiger partial charge in [0.25, 0.3) is 5.91 Å². The van der Waals surface area contributed by atoms with Crippen LogP contribution in [0.15, 0.2) is 49.1 Å². The third-order valence-corrected chi connectivity index (χ3v) is 6.36. The lowest BCUT2D eigenvalue weighted by Crippen LogP contribution is -2.36. The van der Waals surface area contributed by atoms with Crippen LogP contribution in [0.3, 0.4) is 0 Å². The minimum Gasteiger partial charge on any atom is -0.496 e. The van der Waals surface area contributed by atoms with Gasteiger partial charge in [-0.3, -0.25) is 9.48 Å². The monoisotopic (exact) mass is 471 g/mol. The Morgan fingerprint density at radius 2 is 2.14 bits per heavy atom. The topological polar surface area (TPSA) is 130 Å². The SMILES string of the molecule is COc1ccc(C#N)cc1-c1nn(CC2(O)CCCCC2)cc1NC(=O)c1cnn2cccnc12. The molecule has 1 aliphatic carbocycles. The molecule has 2 N–H and O–H groups in total. The van der Waals surface area contributed by atoms with Crippen LogP contribution in [0.2, 0.25) is 0 Å². The van der Waals surface area contributed by atoms with Gasteiger partial charge < -0.3 is 15.2 Å². The van der Waals surface area contributed by atoms with Crippen LogP contribution in [0.5, 0.6) is 5.75 Å². The fourth-order valence-electron chi connectivity index (χ4n) is 4.60. The van der Waals surface area contributed by atoms with Crippen molar-refractivity contribution in [2.75, 3.05) is 12.4 Å². The number of amides is 1. The van der Waals surface area contributed by atoms with Gasteiger partial charge in [0.15, 0.2) is 5.65 Å². The van der Waals surface area contributed by atoms with Gasteiger partial charge in [-0.15, -0.1) is 0 Å². The number of benzene rings is 1. The number of anilines is 1. The van der Waals surface area contributed by atoms with Crippen molar-refractivity contribution in [3.8, 4) is 23.1 Å². The lowest BCUT2D eigenvalue weighted by atomic mass is 9.85. The number of hydrogen-bond acceptors (Lipinski definition) is 7. The van der Waals surface area contributed by atoms with Crippen molar-refractivity contribution in [2.45, 2.75) is 44.2 Å². The fraction of sp³-hybridized carbons (Fsp3) is 0.320. The first kappa shape index (κ1) is 22.6. The smallest absolute Gasteiger partial charge is 0.261 e. The molecule has 0 aliphatic heterocycles. The number of carbonyl (C=O) groups is 1. The van der Waals surface area contributed by atoms with E-state index in [0.29, 0.717) is 58.9 Å². The zero-order chi connectivity index (χ0) is 24.4. The number of fused-ring (bicyclic) bond motifs is 1. The summed E-state index contributed by atoms with van der Waals surface area (Å²) in [4.78, 5) is 17.5. The van der Waals surface area contributed by atoms with Crippen LogP contribution < -0.4 is 10.1 Å². The predicted molar refractivity (Wildman–Crippen MR) is 128 cm³/mol. The maximum Gasteiger partial charge on any atom is 0.261 e. The molecule has 1 fully saturated rings. The first-order chi connectivity index (χ1) is 17.0. The van der Waals surface area contributed by atoms with E-state index < -0.39 is 11.5 Å². The second kappa shape index (κ2) is 9.19. The number of aliphatic hydroxyl groups is 1. The molecule has 4 aromatic rings. The van der Waals surface area contributed by atoms with Crippen molar-refractivity contribution in [3.05, 3.63) is 60.2 Å². The minimum absolute atomic E-state index is 0.300. The van der Waals surface area contributed by atoms with E-state index in [4.69, 9.17) is 9.84 Å². The van der Waals surface area contributed by atoms with Crippen LogP contribution in [0.4, 0.5) is 5.69 Å². The third kappa shape index (κ3) is 4.46. The minimum atomic E-state index is -0.853. The van der Waals surface area contributed by atoms with Gasteiger partial charge in [-0.25, -0.2) is 9.50 Å². The highest BCUT2D eigenvalue weighted by Crippen LogP contribution is 2.36. The summed E-state index contributed by atoms with van der Waals surface area (Å²) in [6.07, 6.45) is 10.9. The van der Waals surface area contributed by atoms with E-state index >= 15 is 0 Å². The molecule has 0 unspecified atom stereocenters. The Kier molecular flexibility index (Phi) is 5.93. The number of ether oxygens (including phenoxy) is 1. The average molecular weight is 472 g/mol. The van der Waals surface area contributed by atoms with Gasteiger partial charge in [0.05, 0.1) is 42.8 Å². The molecule has 3 heterocycles. The molecule has 0 radical (unpaired) electrons. The highest BCUT2D eigenvalue weighted by Gasteiger charge is 2.31. The van der Waals surface area contributed by atoms with Crippen LogP contribution >= 0.6 is 0 Å². The van der Waals surface area contributed by atoms with Crippen molar-refractivity contribution in [3.63, 3.8) is 0 Å². The highest BCUT2D eigenvalue weighted by atomic mass is 16.5. The summed E-state index contributed by atoms with van der Waals surface area (Å²) in [6, 6.07) is 8.89. The molecule has 178 valence electrons. The van der Waals surface area contributed by atoms with Gasteiger partial charge in [-0.1, -0.05) is 19.3 Å². The fourth-order valence-corrected chi connectivity index (χ4v) is 4.60. The van der Waals surface area contributed by atoms with E-state index in [1.54, 1.807) is 47.5 Å². The second-order valence-corrected chi connectivity index (χ2v) is 8.80. The van der Waals surface area contributed by atoms with Gasteiger partial charge in [0, 0.05) is 24.2 Å². The number of methoxy groups -OCH3 is 1. The van der Waals surface area contributed by atoms with Crippen molar-refractivity contribution in [1.29, 1.82) is 5.26 Å². The summed E-state index contributed by atoms with van der Waals surface area (Å²) in [7, 11) is 1.54. The highest BCUT2D eigenvalue weighted by molar-refractivity contribution is 6.09. The Bertz CT molecular complexity index is 1430. The molecule has 0 spiro atoms. The molecule has 1 amide bonds. The molecule has 1 aromatic carbocycles. The van der Waals surface area contributed by atoms with E-state index in [2.05, 4.69) is 21.5 Å². The third-order valence-electron chi connectivity index (χ3n) is 6.36. The first-order valence-electron chi connectivity index (χ1n) is 11.5. The lowest BCUT2D eigenvalue weighted by molar-refractivity contribution is -0.0142. The van der Waals surface area contributed by atoms with Crippen molar-refractivity contribution >= 4 is 17.2 Å². The number of hydrogen-bond donors (Lipinski definition) is 2. The molecule has 5 rings (SSSR count). The average Bonchev–Trinajstić information content (AvgIpc) is 3.47. The van der Waals surface area contributed by atoms with E-state index in [-0.39, 0.29) is 0 Å². The van der Waals surface area contributed by atoms with Crippen molar-refractivity contribution in [1.82, 2.24) is 24.4 Å². The maximum atomic E-state index is 13.2. The largest absolute Gasteiger partial charge is 0.496 e. The van der Waals surface area contributed by atoms with Crippen LogP contribution in [0, 0.1) is 11.3 Å². The summed E-state index contributed by atoms with van der Waals surface area (Å²) in [5.41, 5.74) is 1.76. The summed E-state index contributed by atoms with van der Waals surface area (Å²) in [5, 5.41) is 32.4. The molecule has 3 aromatic heterocycles. The van der Waals surface area contributed by atoms with Gasteiger partial charge in [0.2, 0.25) is 0 Å². The Labute approximate surface area is 201 Å². The summed E-state index contributed by atoms with van der Waals surface area (Å²) in [6.45, 7) is 0.300. The number of aromatic nitrogens is 5. The van der Waals surface area contributed by atoms with E-state index in [0.717, 1.165) is 19.3 Å². The molecular weight excluding hydrogens is 446 g/mol. The Morgan fingerprint density at radius 3 is 2.91 bits per heavy atom. The normalized spacial score (nSPS) is 15.0. The molecule has 10 nitrogen and oxygen atoms in total. The summed E-state index contributed by atoms with van der Waals surface area (Å²) < 4.78 is 8.70. The van der Waals surface area contributed by atoms with Crippen LogP contribution in [-0.4, -0.2) is 48.1 Å². The van der Waals surface area contributed by atoms with E-state index in [9.17, 15) is 15.2 Å². The van der Waals surface area contributed by atoms with Gasteiger partial charge in [-0.05, 0) is 37.1 Å². The summed E-state index contributed by atoms with van der Waals surface area (Å²) >= 11 is 0. The first-order valence-corrected chi connectivity index (χ1v) is 11.5. The van der Waals surface area contributed by atoms with E-state index in [1.807, 2.05) is 0 Å². The second-order valence-electron chi connectivity index (χ2n) is 8.80. The lowest BCUT2D eigenvalue weighted by Gasteiger charge is -2.31. The predicted octanol–water partition coefficient (Wildman–Crippen LogP) is 3.42. The Balaban J connectivity index is 1.55. The number of rotatable bonds is 6. The molecule has 1 saturated carbocycles. The molecule has 35 heavy (non-hydrogen) atoms. The van der Waals surface area contributed by atoms with Gasteiger partial charge in [-0.2, -0.15) is 15.5 Å². The quantitative estimate of drug-likeness (QED) is 0.441. The van der Waals surface area contributed by atoms with E-state index in [1.165, 1.54) is 17.8 Å². The molecule has 10 heteroatoms. The van der Waals surface area contributed by atoms with Gasteiger partial charge in [0.1, 0.15) is 17.0 Å². The molecule has 0 atom stereocenters. The molecule has 0 bridgehead atoms. The Morgan fingerprint density at radius 1 is 1.31 bits per heavy atom. The molecular formula is C25H25N7O3. The van der Waals surface area contributed by atoms with Gasteiger partial charge >= 0.3 is 0 Å². The van der Waals surface area contributed by atoms with Crippen molar-refractivity contribution < 1.29 is 14.6 Å². The standard InChI is InChI=1S/C25H25N7O3/c1-35-21-7-6-17(13-26)12-18(21)22-20(15-31(30-22)16-25(34)8-3-2-4-9-25)29-24(33)19-14-28-32-11-5-10-27-23(19)32/h5-7,10-12,14-15,34H,2-4,8-9,16H2,1H3,(H,29,33). The Hall–Kier alpha value is -4.23. The summed E-state index contributed by atoms with van der Waals surface area (Å²) in [5.74, 6) is 0.116.